The molecule has 0 aliphatic rings. The first kappa shape index (κ1) is 12.3. The van der Waals surface area contributed by atoms with Gasteiger partial charge in [0.1, 0.15) is 0 Å². The number of hydrogen-bond acceptors (Lipinski definition) is 1. The third-order valence-electron chi connectivity index (χ3n) is 1.98. The first-order valence-corrected chi connectivity index (χ1v) is 4.46. The van der Waals surface area contributed by atoms with Crippen LogP contribution in [0.4, 0.5) is 13.2 Å². The molecule has 0 aliphatic heterocycles. The van der Waals surface area contributed by atoms with Gasteiger partial charge in [-0.15, -0.1) is 0 Å². The van der Waals surface area contributed by atoms with Crippen LogP contribution in [0.5, 0.6) is 0 Å². The van der Waals surface area contributed by atoms with E-state index in [1.165, 1.54) is 18.2 Å². The Balaban J connectivity index is 2.99. The molecule has 0 heterocycles. The van der Waals surface area contributed by atoms with Crippen LogP contribution in [0.1, 0.15) is 21.5 Å². The van der Waals surface area contributed by atoms with Crippen LogP contribution in [0, 0.1) is 6.92 Å². The fourth-order valence-corrected chi connectivity index (χ4v) is 1.26. The number of alkyl halides is 3. The monoisotopic (exact) mass is 229 g/mol. The number of primary amides is 1. The molecule has 0 fully saturated rings. The summed E-state index contributed by atoms with van der Waals surface area (Å²) < 4.78 is 35.7. The predicted octanol–water partition coefficient (Wildman–Crippen LogP) is 2.67. The summed E-state index contributed by atoms with van der Waals surface area (Å²) in [5, 5.41) is 0. The number of benzene rings is 1. The lowest BCUT2D eigenvalue weighted by Gasteiger charge is -2.03. The number of hydrogen-bond donors (Lipinski definition) is 1. The van der Waals surface area contributed by atoms with Gasteiger partial charge in [0.2, 0.25) is 5.91 Å². The molecule has 0 radical (unpaired) electrons. The van der Waals surface area contributed by atoms with Crippen LogP contribution in [0.2, 0.25) is 0 Å². The lowest BCUT2D eigenvalue weighted by molar-refractivity contribution is -0.0790. The van der Waals surface area contributed by atoms with Gasteiger partial charge in [0.15, 0.2) is 0 Å². The van der Waals surface area contributed by atoms with Gasteiger partial charge in [-0.2, -0.15) is 13.2 Å². The highest BCUT2D eigenvalue weighted by Gasteiger charge is 2.21. The minimum Gasteiger partial charge on any atom is -0.366 e. The highest BCUT2D eigenvalue weighted by atomic mass is 19.4. The fourth-order valence-electron chi connectivity index (χ4n) is 1.26. The molecule has 0 atom stereocenters. The van der Waals surface area contributed by atoms with Crippen molar-refractivity contribution in [3.05, 3.63) is 41.0 Å². The average molecular weight is 229 g/mol. The van der Waals surface area contributed by atoms with E-state index in [4.69, 9.17) is 5.73 Å². The third kappa shape index (κ3) is 3.42. The smallest absolute Gasteiger partial charge is 0.366 e. The Morgan fingerprint density at radius 1 is 1.38 bits per heavy atom. The Morgan fingerprint density at radius 2 is 2.00 bits per heavy atom. The minimum atomic E-state index is -4.34. The van der Waals surface area contributed by atoms with Crippen molar-refractivity contribution >= 4 is 12.0 Å². The standard InChI is InChI=1S/C11H10F3NO/c1-7-6-8(4-5-11(12,13)14)2-3-9(7)10(15)16/h2-6H,1H3,(H2,15,16)/b5-4+. The van der Waals surface area contributed by atoms with Crippen LogP contribution in [0.15, 0.2) is 24.3 Å². The average Bonchev–Trinajstić information content (AvgIpc) is 2.13. The zero-order valence-corrected chi connectivity index (χ0v) is 8.51. The molecule has 86 valence electrons. The molecule has 0 spiro atoms. The first-order valence-electron chi connectivity index (χ1n) is 4.46. The summed E-state index contributed by atoms with van der Waals surface area (Å²) in [6.07, 6.45) is -3.25. The van der Waals surface area contributed by atoms with Gasteiger partial charge in [-0.25, -0.2) is 0 Å². The van der Waals surface area contributed by atoms with Crippen molar-refractivity contribution in [1.29, 1.82) is 0 Å². The molecule has 2 nitrogen and oxygen atoms in total. The molecular weight excluding hydrogens is 219 g/mol. The van der Waals surface area contributed by atoms with Crippen molar-refractivity contribution < 1.29 is 18.0 Å². The molecule has 5 heteroatoms. The fraction of sp³-hybridized carbons (Fsp3) is 0.182. The Bertz CT molecular complexity index is 435. The lowest BCUT2D eigenvalue weighted by Crippen LogP contribution is -2.12. The summed E-state index contributed by atoms with van der Waals surface area (Å²) in [4.78, 5) is 10.9. The Kier molecular flexibility index (Phi) is 3.37. The second-order valence-electron chi connectivity index (χ2n) is 3.31. The van der Waals surface area contributed by atoms with Crippen LogP contribution in [-0.4, -0.2) is 12.1 Å². The number of carbonyl (C=O) groups excluding carboxylic acids is 1. The number of halogens is 3. The van der Waals surface area contributed by atoms with Gasteiger partial charge in [0.05, 0.1) is 0 Å². The van der Waals surface area contributed by atoms with Crippen LogP contribution in [0.3, 0.4) is 0 Å². The normalized spacial score (nSPS) is 12.0. The van der Waals surface area contributed by atoms with Gasteiger partial charge in [0.25, 0.3) is 0 Å². The van der Waals surface area contributed by atoms with E-state index in [0.29, 0.717) is 16.7 Å². The van der Waals surface area contributed by atoms with Crippen molar-refractivity contribution in [3.63, 3.8) is 0 Å². The molecule has 0 aromatic heterocycles. The van der Waals surface area contributed by atoms with Gasteiger partial charge >= 0.3 is 6.18 Å². The van der Waals surface area contributed by atoms with E-state index in [2.05, 4.69) is 0 Å². The highest BCUT2D eigenvalue weighted by molar-refractivity contribution is 5.94. The molecule has 16 heavy (non-hydrogen) atoms. The molecule has 1 aromatic rings. The molecule has 2 N–H and O–H groups in total. The summed E-state index contributed by atoms with van der Waals surface area (Å²) >= 11 is 0. The SMILES string of the molecule is Cc1cc(/C=C/C(F)(F)F)ccc1C(N)=O. The van der Waals surface area contributed by atoms with E-state index < -0.39 is 12.1 Å². The number of rotatable bonds is 2. The summed E-state index contributed by atoms with van der Waals surface area (Å²) in [6.45, 7) is 1.62. The second kappa shape index (κ2) is 4.38. The molecule has 1 aromatic carbocycles. The highest BCUT2D eigenvalue weighted by Crippen LogP contribution is 2.19. The molecule has 0 bridgehead atoms. The van der Waals surface area contributed by atoms with Crippen LogP contribution in [-0.2, 0) is 0 Å². The zero-order chi connectivity index (χ0) is 12.3. The topological polar surface area (TPSA) is 43.1 Å². The molecular formula is C11H10F3NO. The number of nitrogens with two attached hydrogens (primary N) is 1. The van der Waals surface area contributed by atoms with Crippen molar-refractivity contribution in [3.8, 4) is 0 Å². The first-order chi connectivity index (χ1) is 7.29. The number of amides is 1. The molecule has 0 saturated carbocycles. The van der Waals surface area contributed by atoms with Gasteiger partial charge < -0.3 is 5.73 Å². The van der Waals surface area contributed by atoms with Crippen LogP contribution >= 0.6 is 0 Å². The predicted molar refractivity (Wildman–Crippen MR) is 54.8 cm³/mol. The Labute approximate surface area is 90.6 Å². The second-order valence-corrected chi connectivity index (χ2v) is 3.31. The lowest BCUT2D eigenvalue weighted by atomic mass is 10.0. The van der Waals surface area contributed by atoms with Crippen LogP contribution < -0.4 is 5.73 Å². The maximum atomic E-state index is 11.9. The van der Waals surface area contributed by atoms with Crippen molar-refractivity contribution in [2.75, 3.05) is 0 Å². The number of allylic oxidation sites excluding steroid dienone is 1. The van der Waals surface area contributed by atoms with E-state index in [1.54, 1.807) is 6.92 Å². The van der Waals surface area contributed by atoms with E-state index in [1.807, 2.05) is 0 Å². The summed E-state index contributed by atoms with van der Waals surface area (Å²) in [7, 11) is 0. The van der Waals surface area contributed by atoms with E-state index in [0.717, 1.165) is 6.08 Å². The number of carbonyl (C=O) groups is 1. The maximum absolute atomic E-state index is 11.9. The molecule has 0 aliphatic carbocycles. The summed E-state index contributed by atoms with van der Waals surface area (Å²) in [5.74, 6) is -0.594. The van der Waals surface area contributed by atoms with Gasteiger partial charge in [-0.05, 0) is 24.1 Å². The van der Waals surface area contributed by atoms with E-state index >= 15 is 0 Å². The summed E-state index contributed by atoms with van der Waals surface area (Å²) in [5.41, 5.74) is 6.31. The Morgan fingerprint density at radius 3 is 2.44 bits per heavy atom. The minimum absolute atomic E-state index is 0.145. The molecule has 1 rings (SSSR count). The molecule has 0 saturated heterocycles. The molecule has 1 amide bonds. The number of aryl methyl sites for hydroxylation is 1. The largest absolute Gasteiger partial charge is 0.409 e. The van der Waals surface area contributed by atoms with Crippen molar-refractivity contribution in [1.82, 2.24) is 0 Å². The Hall–Kier alpha value is -1.78. The van der Waals surface area contributed by atoms with Gasteiger partial charge in [-0.3, -0.25) is 4.79 Å². The zero-order valence-electron chi connectivity index (χ0n) is 8.51. The quantitative estimate of drug-likeness (QED) is 0.832. The van der Waals surface area contributed by atoms with Crippen LogP contribution in [0.25, 0.3) is 6.08 Å². The third-order valence-corrected chi connectivity index (χ3v) is 1.98. The van der Waals surface area contributed by atoms with E-state index in [9.17, 15) is 18.0 Å². The summed E-state index contributed by atoms with van der Waals surface area (Å²) in [6, 6.07) is 4.30. The maximum Gasteiger partial charge on any atom is 0.409 e. The van der Waals surface area contributed by atoms with Crippen molar-refractivity contribution in [2.24, 2.45) is 5.73 Å². The van der Waals surface area contributed by atoms with Crippen molar-refractivity contribution in [2.45, 2.75) is 13.1 Å². The van der Waals surface area contributed by atoms with Gasteiger partial charge in [-0.1, -0.05) is 18.2 Å². The van der Waals surface area contributed by atoms with E-state index in [-0.39, 0.29) is 6.08 Å². The molecule has 0 unspecified atom stereocenters. The van der Waals surface area contributed by atoms with Gasteiger partial charge in [0, 0.05) is 11.6 Å².